The van der Waals surface area contributed by atoms with Crippen LogP contribution >= 0.6 is 34.7 Å². The number of methoxy groups -OCH3 is 1. The predicted octanol–water partition coefficient (Wildman–Crippen LogP) is 4.07. The maximum atomic E-state index is 12.1. The van der Waals surface area contributed by atoms with Crippen LogP contribution in [0.3, 0.4) is 0 Å². The third kappa shape index (κ3) is 4.95. The Balaban J connectivity index is 1.78. The van der Waals surface area contributed by atoms with Crippen LogP contribution in [0.5, 0.6) is 5.75 Å². The first-order valence-electron chi connectivity index (χ1n) is 6.41. The molecule has 0 unspecified atom stereocenters. The minimum atomic E-state index is -0.162. The highest BCUT2D eigenvalue weighted by Gasteiger charge is 2.12. The number of nitrogens with one attached hydrogen (secondary N) is 1. The van der Waals surface area contributed by atoms with E-state index in [0.29, 0.717) is 22.9 Å². The van der Waals surface area contributed by atoms with Gasteiger partial charge in [0.25, 0.3) is 5.91 Å². The zero-order valence-electron chi connectivity index (χ0n) is 11.6. The Morgan fingerprint density at radius 2 is 2.29 bits per heavy atom. The number of thiophene rings is 1. The monoisotopic (exact) mass is 341 g/mol. The second kappa shape index (κ2) is 8.32. The molecule has 0 bridgehead atoms. The fraction of sp³-hybridized carbons (Fsp3) is 0.267. The molecule has 1 amide bonds. The smallest absolute Gasteiger partial charge is 0.255 e. The third-order valence-electron chi connectivity index (χ3n) is 2.79. The van der Waals surface area contributed by atoms with Gasteiger partial charge in [0.15, 0.2) is 0 Å². The van der Waals surface area contributed by atoms with Crippen LogP contribution in [0, 0.1) is 0 Å². The molecule has 2 rings (SSSR count). The maximum absolute atomic E-state index is 12.1. The average Bonchev–Trinajstić information content (AvgIpc) is 3.00. The van der Waals surface area contributed by atoms with Crippen molar-refractivity contribution in [2.75, 3.05) is 19.4 Å². The van der Waals surface area contributed by atoms with E-state index in [1.165, 1.54) is 12.7 Å². The molecule has 3 nitrogen and oxygen atoms in total. The molecule has 6 heteroatoms. The summed E-state index contributed by atoms with van der Waals surface area (Å²) in [6.45, 7) is 0.614. The number of hydrogen-bond donors (Lipinski definition) is 1. The Bertz CT molecular complexity index is 587. The minimum Gasteiger partial charge on any atom is -0.496 e. The van der Waals surface area contributed by atoms with Gasteiger partial charge < -0.3 is 10.1 Å². The molecule has 1 N–H and O–H groups in total. The molecule has 1 aromatic heterocycles. The molecule has 0 atom stereocenters. The lowest BCUT2D eigenvalue weighted by atomic mass is 10.2. The summed E-state index contributed by atoms with van der Waals surface area (Å²) >= 11 is 9.42. The van der Waals surface area contributed by atoms with Crippen molar-refractivity contribution in [1.82, 2.24) is 5.32 Å². The summed E-state index contributed by atoms with van der Waals surface area (Å²) in [6, 6.07) is 7.14. The largest absolute Gasteiger partial charge is 0.496 e. The highest BCUT2D eigenvalue weighted by atomic mass is 35.5. The number of amides is 1. The van der Waals surface area contributed by atoms with Crippen LogP contribution in [0.1, 0.15) is 15.9 Å². The Labute approximate surface area is 137 Å². The molecule has 21 heavy (non-hydrogen) atoms. The van der Waals surface area contributed by atoms with Crippen molar-refractivity contribution in [3.05, 3.63) is 51.2 Å². The molecule has 0 saturated carbocycles. The SMILES string of the molecule is COc1ccc(Cl)cc1C(=O)NCCSCc1ccsc1. The summed E-state index contributed by atoms with van der Waals surface area (Å²) in [7, 11) is 1.54. The normalized spacial score (nSPS) is 10.4. The van der Waals surface area contributed by atoms with Gasteiger partial charge in [0.2, 0.25) is 0 Å². The van der Waals surface area contributed by atoms with Crippen molar-refractivity contribution < 1.29 is 9.53 Å². The van der Waals surface area contributed by atoms with E-state index >= 15 is 0 Å². The average molecular weight is 342 g/mol. The van der Waals surface area contributed by atoms with Gasteiger partial charge in [-0.3, -0.25) is 4.79 Å². The van der Waals surface area contributed by atoms with Gasteiger partial charge in [-0.15, -0.1) is 0 Å². The fourth-order valence-electron chi connectivity index (χ4n) is 1.75. The molecule has 0 aliphatic rings. The van der Waals surface area contributed by atoms with Gasteiger partial charge in [0, 0.05) is 23.1 Å². The molecular formula is C15H16ClNO2S2. The molecule has 1 heterocycles. The van der Waals surface area contributed by atoms with Gasteiger partial charge in [0.1, 0.15) is 5.75 Å². The first kappa shape index (κ1) is 16.2. The van der Waals surface area contributed by atoms with Crippen molar-refractivity contribution in [2.24, 2.45) is 0 Å². The fourth-order valence-corrected chi connectivity index (χ4v) is 3.51. The lowest BCUT2D eigenvalue weighted by Gasteiger charge is -2.09. The first-order valence-corrected chi connectivity index (χ1v) is 8.89. The molecule has 0 saturated heterocycles. The molecule has 0 aliphatic carbocycles. The zero-order valence-corrected chi connectivity index (χ0v) is 14.0. The van der Waals surface area contributed by atoms with Crippen LogP contribution in [0.4, 0.5) is 0 Å². The number of ether oxygens (including phenoxy) is 1. The van der Waals surface area contributed by atoms with E-state index < -0.39 is 0 Å². The van der Waals surface area contributed by atoms with E-state index in [2.05, 4.69) is 22.1 Å². The second-order valence-electron chi connectivity index (χ2n) is 4.28. The van der Waals surface area contributed by atoms with E-state index in [1.807, 2.05) is 0 Å². The van der Waals surface area contributed by atoms with Crippen LogP contribution < -0.4 is 10.1 Å². The van der Waals surface area contributed by atoms with Gasteiger partial charge in [-0.2, -0.15) is 23.1 Å². The number of hydrogen-bond acceptors (Lipinski definition) is 4. The van der Waals surface area contributed by atoms with Crippen molar-refractivity contribution in [3.63, 3.8) is 0 Å². The number of benzene rings is 1. The minimum absolute atomic E-state index is 0.162. The van der Waals surface area contributed by atoms with Crippen molar-refractivity contribution in [3.8, 4) is 5.75 Å². The molecule has 0 radical (unpaired) electrons. The second-order valence-corrected chi connectivity index (χ2v) is 6.61. The summed E-state index contributed by atoms with van der Waals surface area (Å²) < 4.78 is 5.17. The summed E-state index contributed by atoms with van der Waals surface area (Å²) in [6.07, 6.45) is 0. The topological polar surface area (TPSA) is 38.3 Å². The predicted molar refractivity (Wildman–Crippen MR) is 90.8 cm³/mol. The van der Waals surface area contributed by atoms with Gasteiger partial charge >= 0.3 is 0 Å². The number of thioether (sulfide) groups is 1. The molecule has 2 aromatic rings. The summed E-state index contributed by atoms with van der Waals surface area (Å²) in [5.74, 6) is 2.21. The lowest BCUT2D eigenvalue weighted by molar-refractivity contribution is 0.0953. The zero-order chi connectivity index (χ0) is 15.1. The van der Waals surface area contributed by atoms with E-state index in [0.717, 1.165) is 11.5 Å². The van der Waals surface area contributed by atoms with Crippen LogP contribution in [-0.2, 0) is 5.75 Å². The van der Waals surface area contributed by atoms with Crippen LogP contribution in [0.25, 0.3) is 0 Å². The van der Waals surface area contributed by atoms with Crippen LogP contribution in [0.2, 0.25) is 5.02 Å². The standard InChI is InChI=1S/C15H16ClNO2S2/c1-19-14-3-2-12(16)8-13(14)15(18)17-5-7-21-10-11-4-6-20-9-11/h2-4,6,8-9H,5,7,10H2,1H3,(H,17,18). The number of halogens is 1. The van der Waals surface area contributed by atoms with Gasteiger partial charge in [-0.05, 0) is 40.6 Å². The maximum Gasteiger partial charge on any atom is 0.255 e. The van der Waals surface area contributed by atoms with Crippen molar-refractivity contribution in [2.45, 2.75) is 5.75 Å². The highest BCUT2D eigenvalue weighted by molar-refractivity contribution is 7.98. The van der Waals surface area contributed by atoms with Crippen molar-refractivity contribution >= 4 is 40.6 Å². The quantitative estimate of drug-likeness (QED) is 0.771. The Morgan fingerprint density at radius 1 is 1.43 bits per heavy atom. The van der Waals surface area contributed by atoms with Gasteiger partial charge in [0.05, 0.1) is 12.7 Å². The van der Waals surface area contributed by atoms with Crippen LogP contribution in [-0.4, -0.2) is 25.3 Å². The first-order chi connectivity index (χ1) is 10.2. The Hall–Kier alpha value is -1.17. The molecule has 0 spiro atoms. The Kier molecular flexibility index (Phi) is 6.42. The van der Waals surface area contributed by atoms with Crippen molar-refractivity contribution in [1.29, 1.82) is 0 Å². The lowest BCUT2D eigenvalue weighted by Crippen LogP contribution is -2.26. The van der Waals surface area contributed by atoms with Crippen LogP contribution in [0.15, 0.2) is 35.0 Å². The highest BCUT2D eigenvalue weighted by Crippen LogP contribution is 2.22. The van der Waals surface area contributed by atoms with E-state index in [9.17, 15) is 4.79 Å². The molecule has 112 valence electrons. The number of rotatable bonds is 7. The Morgan fingerprint density at radius 3 is 3.00 bits per heavy atom. The van der Waals surface area contributed by atoms with Gasteiger partial charge in [-0.1, -0.05) is 11.6 Å². The third-order valence-corrected chi connectivity index (χ3v) is 4.78. The van der Waals surface area contributed by atoms with E-state index in [-0.39, 0.29) is 5.91 Å². The molecular weight excluding hydrogens is 326 g/mol. The summed E-state index contributed by atoms with van der Waals surface area (Å²) in [4.78, 5) is 12.1. The molecule has 0 fully saturated rings. The van der Waals surface area contributed by atoms with E-state index in [4.69, 9.17) is 16.3 Å². The van der Waals surface area contributed by atoms with E-state index in [1.54, 1.807) is 41.3 Å². The molecule has 1 aromatic carbocycles. The number of carbonyl (C=O) groups excluding carboxylic acids is 1. The summed E-state index contributed by atoms with van der Waals surface area (Å²) in [5.41, 5.74) is 1.79. The number of carbonyl (C=O) groups is 1. The molecule has 0 aliphatic heterocycles. The summed E-state index contributed by atoms with van der Waals surface area (Å²) in [5, 5.41) is 7.62. The van der Waals surface area contributed by atoms with Gasteiger partial charge in [-0.25, -0.2) is 0 Å².